The number of hydrogen-bond acceptors (Lipinski definition) is 8. The predicted molar refractivity (Wildman–Crippen MR) is 162 cm³/mol. The molecule has 0 spiro atoms. The van der Waals surface area contributed by atoms with E-state index in [1.807, 2.05) is 44.1 Å². The van der Waals surface area contributed by atoms with Gasteiger partial charge < -0.3 is 29.2 Å². The second kappa shape index (κ2) is 14.5. The molecule has 0 bridgehead atoms. The van der Waals surface area contributed by atoms with Crippen LogP contribution in [0.1, 0.15) is 35.6 Å². The van der Waals surface area contributed by atoms with Gasteiger partial charge in [0, 0.05) is 25.5 Å². The molecule has 3 aromatic rings. The van der Waals surface area contributed by atoms with Crippen molar-refractivity contribution in [3.63, 3.8) is 0 Å². The quantitative estimate of drug-likeness (QED) is 0.285. The van der Waals surface area contributed by atoms with Crippen LogP contribution in [0.3, 0.4) is 0 Å². The Morgan fingerprint density at radius 3 is 2.44 bits per heavy atom. The summed E-state index contributed by atoms with van der Waals surface area (Å²) in [4.78, 5) is 31.1. The lowest BCUT2D eigenvalue weighted by atomic mass is 10.00. The molecule has 0 saturated heterocycles. The average molecular weight is 590 g/mol. The van der Waals surface area contributed by atoms with E-state index in [0.29, 0.717) is 30.2 Å². The van der Waals surface area contributed by atoms with Crippen LogP contribution in [0.15, 0.2) is 60.4 Å². The molecule has 9 nitrogen and oxygen atoms in total. The number of carbonyl (C=O) groups excluding carboxylic acids is 2. The highest BCUT2D eigenvalue weighted by molar-refractivity contribution is 6.08. The maximum Gasteiger partial charge on any atom is 0.344 e. The molecule has 0 saturated carbocycles. The molecule has 1 aromatic heterocycles. The highest BCUT2D eigenvalue weighted by Gasteiger charge is 2.26. The zero-order chi connectivity index (χ0) is 30.9. The van der Waals surface area contributed by atoms with E-state index in [-0.39, 0.29) is 37.1 Å². The number of esters is 1. The lowest BCUT2D eigenvalue weighted by Gasteiger charge is -2.16. The molecule has 1 N–H and O–H groups in total. The molecule has 0 unspecified atom stereocenters. The van der Waals surface area contributed by atoms with Crippen LogP contribution in [-0.2, 0) is 20.9 Å². The third kappa shape index (κ3) is 7.98. The Bertz CT molecular complexity index is 1510. The number of carbonyl (C=O) groups is 2. The van der Waals surface area contributed by atoms with Gasteiger partial charge in [0.25, 0.3) is 0 Å². The highest BCUT2D eigenvalue weighted by atomic mass is 19.1. The lowest BCUT2D eigenvalue weighted by molar-refractivity contribution is -0.146. The molecule has 1 aliphatic carbocycles. The minimum atomic E-state index is -0.510. The van der Waals surface area contributed by atoms with Gasteiger partial charge in [0.15, 0.2) is 18.1 Å². The number of benzene rings is 2. The van der Waals surface area contributed by atoms with Crippen molar-refractivity contribution in [3.05, 3.63) is 88.5 Å². The van der Waals surface area contributed by atoms with Crippen LogP contribution >= 0.6 is 0 Å². The van der Waals surface area contributed by atoms with Crippen molar-refractivity contribution < 1.29 is 32.9 Å². The van der Waals surface area contributed by atoms with Crippen molar-refractivity contribution in [1.82, 2.24) is 15.2 Å². The Kier molecular flexibility index (Phi) is 10.5. The molecule has 0 fully saturated rings. The summed E-state index contributed by atoms with van der Waals surface area (Å²) in [6, 6.07) is 11.8. The number of methoxy groups -OCH3 is 2. The SMILES string of the molecule is COc1cc(C=C2C(C)=C(CC(=O)NCc3cccnc3)c3cc(F)ccc32)cc(OC)c1OCC(=O)OCCN(C)C. The summed E-state index contributed by atoms with van der Waals surface area (Å²) in [6.07, 6.45) is 5.39. The van der Waals surface area contributed by atoms with Crippen LogP contribution in [0.25, 0.3) is 17.2 Å². The van der Waals surface area contributed by atoms with Gasteiger partial charge in [0.05, 0.1) is 20.6 Å². The summed E-state index contributed by atoms with van der Waals surface area (Å²) in [5.74, 6) is -0.0815. The normalized spacial score (nSPS) is 13.2. The molecule has 10 heteroatoms. The Balaban J connectivity index is 1.59. The number of likely N-dealkylation sites (N-methyl/N-ethyl adjacent to an activating group) is 1. The number of rotatable bonds is 13. The average Bonchev–Trinajstić information content (AvgIpc) is 3.24. The number of ether oxygens (including phenoxy) is 4. The molecule has 0 radical (unpaired) electrons. The van der Waals surface area contributed by atoms with E-state index in [2.05, 4.69) is 10.3 Å². The van der Waals surface area contributed by atoms with E-state index < -0.39 is 5.97 Å². The van der Waals surface area contributed by atoms with E-state index in [1.165, 1.54) is 26.4 Å². The second-order valence-corrected chi connectivity index (χ2v) is 10.2. The molecule has 4 rings (SSSR count). The molecule has 226 valence electrons. The van der Waals surface area contributed by atoms with E-state index >= 15 is 0 Å². The van der Waals surface area contributed by atoms with Crippen LogP contribution in [0.2, 0.25) is 0 Å². The maximum absolute atomic E-state index is 14.4. The van der Waals surface area contributed by atoms with Gasteiger partial charge in [-0.1, -0.05) is 12.1 Å². The Labute approximate surface area is 250 Å². The van der Waals surface area contributed by atoms with Gasteiger partial charge in [0.1, 0.15) is 12.4 Å². The van der Waals surface area contributed by atoms with Crippen molar-refractivity contribution in [3.8, 4) is 17.2 Å². The van der Waals surface area contributed by atoms with Crippen LogP contribution in [0.5, 0.6) is 17.2 Å². The first-order valence-corrected chi connectivity index (χ1v) is 13.8. The number of fused-ring (bicyclic) bond motifs is 1. The molecular formula is C33H36FN3O6. The summed E-state index contributed by atoms with van der Waals surface area (Å²) in [7, 11) is 6.77. The minimum absolute atomic E-state index is 0.0873. The summed E-state index contributed by atoms with van der Waals surface area (Å²) < 4.78 is 36.5. The number of allylic oxidation sites excluding steroid dienone is 2. The molecule has 1 amide bonds. The fourth-order valence-electron chi connectivity index (χ4n) is 4.72. The number of aromatic nitrogens is 1. The second-order valence-electron chi connectivity index (χ2n) is 10.2. The van der Waals surface area contributed by atoms with E-state index in [0.717, 1.165) is 33.4 Å². The van der Waals surface area contributed by atoms with Gasteiger partial charge in [-0.15, -0.1) is 0 Å². The van der Waals surface area contributed by atoms with Crippen molar-refractivity contribution in [2.24, 2.45) is 0 Å². The summed E-state index contributed by atoms with van der Waals surface area (Å²) in [5, 5.41) is 2.92. The third-order valence-electron chi connectivity index (χ3n) is 6.93. The van der Waals surface area contributed by atoms with Crippen LogP contribution in [0.4, 0.5) is 4.39 Å². The topological polar surface area (TPSA) is 99.2 Å². The standard InChI is InChI=1S/C33H36FN3O6/c1-21-26(13-23-14-29(40-4)33(30(15-23)41-5)43-20-32(39)42-12-11-37(2)3)25-9-8-24(34)16-28(25)27(21)17-31(38)36-19-22-7-6-10-35-18-22/h6-10,13-16,18H,11-12,17,19-20H2,1-5H3,(H,36,38). The number of pyridine rings is 1. The lowest BCUT2D eigenvalue weighted by Crippen LogP contribution is -2.22. The summed E-state index contributed by atoms with van der Waals surface area (Å²) >= 11 is 0. The van der Waals surface area contributed by atoms with Crippen LogP contribution < -0.4 is 19.5 Å². The van der Waals surface area contributed by atoms with E-state index in [1.54, 1.807) is 30.6 Å². The Morgan fingerprint density at radius 1 is 1.05 bits per heavy atom. The van der Waals surface area contributed by atoms with E-state index in [4.69, 9.17) is 18.9 Å². The van der Waals surface area contributed by atoms with Crippen molar-refractivity contribution >= 4 is 29.1 Å². The first kappa shape index (κ1) is 31.2. The molecule has 2 aromatic carbocycles. The van der Waals surface area contributed by atoms with Gasteiger partial charge >= 0.3 is 5.97 Å². The fraction of sp³-hybridized carbons (Fsp3) is 0.303. The minimum Gasteiger partial charge on any atom is -0.493 e. The van der Waals surface area contributed by atoms with Crippen LogP contribution in [0, 0.1) is 5.82 Å². The number of nitrogens with one attached hydrogen (secondary N) is 1. The van der Waals surface area contributed by atoms with Crippen molar-refractivity contribution in [2.75, 3.05) is 48.1 Å². The van der Waals surface area contributed by atoms with Gasteiger partial charge in [-0.05, 0) is 96.4 Å². The molecule has 43 heavy (non-hydrogen) atoms. The Morgan fingerprint density at radius 2 is 1.79 bits per heavy atom. The summed E-state index contributed by atoms with van der Waals surface area (Å²) in [6.45, 7) is 2.81. The number of halogens is 1. The number of nitrogens with zero attached hydrogens (tertiary/aromatic N) is 2. The van der Waals surface area contributed by atoms with Gasteiger partial charge in [0.2, 0.25) is 11.7 Å². The summed E-state index contributed by atoms with van der Waals surface area (Å²) in [5.41, 5.74) is 5.54. The van der Waals surface area contributed by atoms with Crippen molar-refractivity contribution in [2.45, 2.75) is 19.9 Å². The smallest absolute Gasteiger partial charge is 0.344 e. The highest BCUT2D eigenvalue weighted by Crippen LogP contribution is 2.45. The monoisotopic (exact) mass is 589 g/mol. The molecule has 1 heterocycles. The fourth-order valence-corrected chi connectivity index (χ4v) is 4.72. The number of amides is 1. The zero-order valence-electron chi connectivity index (χ0n) is 25.0. The predicted octanol–water partition coefficient (Wildman–Crippen LogP) is 4.76. The molecule has 0 atom stereocenters. The third-order valence-corrected chi connectivity index (χ3v) is 6.93. The maximum atomic E-state index is 14.4. The molecule has 0 aliphatic heterocycles. The number of hydrogen-bond donors (Lipinski definition) is 1. The first-order chi connectivity index (χ1) is 20.7. The van der Waals surface area contributed by atoms with Gasteiger partial charge in [-0.25, -0.2) is 9.18 Å². The Hall–Kier alpha value is -4.70. The van der Waals surface area contributed by atoms with E-state index in [9.17, 15) is 14.0 Å². The largest absolute Gasteiger partial charge is 0.493 e. The molecule has 1 aliphatic rings. The van der Waals surface area contributed by atoms with Gasteiger partial charge in [-0.3, -0.25) is 9.78 Å². The first-order valence-electron chi connectivity index (χ1n) is 13.8. The van der Waals surface area contributed by atoms with Gasteiger partial charge in [-0.2, -0.15) is 0 Å². The van der Waals surface area contributed by atoms with Crippen LogP contribution in [-0.4, -0.2) is 69.8 Å². The zero-order valence-corrected chi connectivity index (χ0v) is 25.0. The molecular weight excluding hydrogens is 553 g/mol. The van der Waals surface area contributed by atoms with Crippen molar-refractivity contribution in [1.29, 1.82) is 0 Å².